The molecule has 0 fully saturated rings. The van der Waals surface area contributed by atoms with E-state index in [2.05, 4.69) is 36.4 Å². The summed E-state index contributed by atoms with van der Waals surface area (Å²) in [5.41, 5.74) is 1.56. The third kappa shape index (κ3) is 2.73. The summed E-state index contributed by atoms with van der Waals surface area (Å²) in [7, 11) is 0. The van der Waals surface area contributed by atoms with Crippen molar-refractivity contribution in [1.82, 2.24) is 25.2 Å². The molecule has 0 atom stereocenters. The quantitative estimate of drug-likeness (QED) is 0.674. The topological polar surface area (TPSA) is 69.6 Å². The predicted molar refractivity (Wildman–Crippen MR) is 76.1 cm³/mol. The minimum absolute atomic E-state index is 0.325. The second kappa shape index (κ2) is 5.72. The molecule has 0 spiro atoms. The molecule has 8 heteroatoms. The van der Waals surface area contributed by atoms with E-state index < -0.39 is 0 Å². The van der Waals surface area contributed by atoms with Crippen LogP contribution in [0.2, 0.25) is 0 Å². The average Bonchev–Trinajstić information content (AvgIpc) is 3.09. The molecule has 0 aliphatic carbocycles. The molecular weight excluding hydrogens is 346 g/mol. The van der Waals surface area contributed by atoms with Crippen molar-refractivity contribution in [2.75, 3.05) is 0 Å². The van der Waals surface area contributed by atoms with Gasteiger partial charge in [0.05, 0.1) is 23.3 Å². The lowest BCUT2D eigenvalue weighted by Gasteiger charge is -1.97. The van der Waals surface area contributed by atoms with Gasteiger partial charge in [0.2, 0.25) is 11.8 Å². The highest BCUT2D eigenvalue weighted by atomic mass is 79.9. The number of alkyl halides is 1. The van der Waals surface area contributed by atoms with Crippen LogP contribution in [0, 0.1) is 0 Å². The van der Waals surface area contributed by atoms with E-state index in [4.69, 9.17) is 16.0 Å². The molecule has 0 radical (unpaired) electrons. The molecule has 3 aromatic rings. The Morgan fingerprint density at radius 2 is 2.05 bits per heavy atom. The van der Waals surface area contributed by atoms with Gasteiger partial charge in [-0.1, -0.05) is 17.3 Å². The van der Waals surface area contributed by atoms with E-state index in [0.717, 1.165) is 10.0 Å². The first kappa shape index (κ1) is 13.3. The molecule has 0 saturated carbocycles. The lowest BCUT2D eigenvalue weighted by Crippen LogP contribution is -2.00. The molecule has 0 saturated heterocycles. The average molecular weight is 355 g/mol. The van der Waals surface area contributed by atoms with Gasteiger partial charge in [0.15, 0.2) is 0 Å². The summed E-state index contributed by atoms with van der Waals surface area (Å²) in [4.78, 5) is 0. The summed E-state index contributed by atoms with van der Waals surface area (Å²) >= 11 is 9.12. The Labute approximate surface area is 127 Å². The lowest BCUT2D eigenvalue weighted by molar-refractivity contribution is 0.469. The minimum Gasteiger partial charge on any atom is -0.419 e. The van der Waals surface area contributed by atoms with Gasteiger partial charge >= 0.3 is 0 Å². The molecule has 102 valence electrons. The van der Waals surface area contributed by atoms with Crippen LogP contribution in [-0.2, 0) is 12.4 Å². The minimum atomic E-state index is 0.325. The van der Waals surface area contributed by atoms with Crippen molar-refractivity contribution < 1.29 is 4.42 Å². The van der Waals surface area contributed by atoms with Crippen molar-refractivity contribution in [2.45, 2.75) is 12.4 Å². The van der Waals surface area contributed by atoms with E-state index in [-0.39, 0.29) is 0 Å². The zero-order valence-corrected chi connectivity index (χ0v) is 12.5. The van der Waals surface area contributed by atoms with Gasteiger partial charge in [-0.2, -0.15) is 0 Å². The third-order valence-electron chi connectivity index (χ3n) is 2.59. The molecule has 20 heavy (non-hydrogen) atoms. The first-order chi connectivity index (χ1) is 9.76. The van der Waals surface area contributed by atoms with Gasteiger partial charge in [-0.15, -0.1) is 26.9 Å². The molecule has 0 amide bonds. The SMILES string of the molecule is ClCc1cn(Cc2nnc(-c3ccccc3Br)o2)nn1. The van der Waals surface area contributed by atoms with Crippen molar-refractivity contribution in [2.24, 2.45) is 0 Å². The Morgan fingerprint density at radius 3 is 2.80 bits per heavy atom. The molecule has 0 bridgehead atoms. The van der Waals surface area contributed by atoms with Crippen LogP contribution < -0.4 is 0 Å². The molecule has 0 aliphatic rings. The summed E-state index contributed by atoms with van der Waals surface area (Å²) in [5, 5.41) is 15.9. The van der Waals surface area contributed by atoms with E-state index in [9.17, 15) is 0 Å². The number of halogens is 2. The third-order valence-corrected chi connectivity index (χ3v) is 3.56. The van der Waals surface area contributed by atoms with Crippen molar-refractivity contribution in [3.63, 3.8) is 0 Å². The molecule has 2 heterocycles. The number of nitrogens with zero attached hydrogens (tertiary/aromatic N) is 5. The van der Waals surface area contributed by atoms with E-state index in [0.29, 0.717) is 29.9 Å². The smallest absolute Gasteiger partial charge is 0.248 e. The van der Waals surface area contributed by atoms with Crippen molar-refractivity contribution in [1.29, 1.82) is 0 Å². The molecule has 0 aliphatic heterocycles. The van der Waals surface area contributed by atoms with Gasteiger partial charge in [-0.3, -0.25) is 0 Å². The summed E-state index contributed by atoms with van der Waals surface area (Å²) in [6, 6.07) is 7.66. The van der Waals surface area contributed by atoms with Gasteiger partial charge in [0.25, 0.3) is 0 Å². The number of benzene rings is 1. The summed E-state index contributed by atoms with van der Waals surface area (Å²) in [5.74, 6) is 1.25. The Bertz CT molecular complexity index is 726. The summed E-state index contributed by atoms with van der Waals surface area (Å²) in [6.45, 7) is 0.362. The number of hydrogen-bond acceptors (Lipinski definition) is 5. The maximum atomic E-state index is 5.67. The highest BCUT2D eigenvalue weighted by Crippen LogP contribution is 2.26. The Balaban J connectivity index is 1.82. The van der Waals surface area contributed by atoms with Crippen LogP contribution in [0.5, 0.6) is 0 Å². The number of aromatic nitrogens is 5. The molecular formula is C12H9BrClN5O. The summed E-state index contributed by atoms with van der Waals surface area (Å²) in [6.07, 6.45) is 1.75. The zero-order chi connectivity index (χ0) is 13.9. The van der Waals surface area contributed by atoms with Crippen LogP contribution in [0.15, 0.2) is 39.4 Å². The standard InChI is InChI=1S/C12H9BrClN5O/c13-10-4-2-1-3-9(10)12-17-16-11(20-12)7-19-6-8(5-14)15-18-19/h1-4,6H,5,7H2. The maximum Gasteiger partial charge on any atom is 0.248 e. The molecule has 0 unspecified atom stereocenters. The number of hydrogen-bond donors (Lipinski definition) is 0. The van der Waals surface area contributed by atoms with Crippen LogP contribution in [0.3, 0.4) is 0 Å². The molecule has 1 aromatic carbocycles. The van der Waals surface area contributed by atoms with Gasteiger partial charge in [-0.05, 0) is 28.1 Å². The largest absolute Gasteiger partial charge is 0.419 e. The lowest BCUT2D eigenvalue weighted by atomic mass is 10.2. The van der Waals surface area contributed by atoms with Gasteiger partial charge in [-0.25, -0.2) is 4.68 Å². The Morgan fingerprint density at radius 1 is 1.20 bits per heavy atom. The second-order valence-corrected chi connectivity index (χ2v) is 5.14. The first-order valence-electron chi connectivity index (χ1n) is 5.78. The number of rotatable bonds is 4. The molecule has 2 aromatic heterocycles. The summed E-state index contributed by atoms with van der Waals surface area (Å²) < 4.78 is 8.13. The fourth-order valence-electron chi connectivity index (χ4n) is 1.68. The fraction of sp³-hybridized carbons (Fsp3) is 0.167. The second-order valence-electron chi connectivity index (χ2n) is 4.02. The predicted octanol–water partition coefficient (Wildman–Crippen LogP) is 2.88. The van der Waals surface area contributed by atoms with Gasteiger partial charge in [0, 0.05) is 4.47 Å². The van der Waals surface area contributed by atoms with E-state index in [1.54, 1.807) is 10.9 Å². The first-order valence-corrected chi connectivity index (χ1v) is 7.11. The van der Waals surface area contributed by atoms with E-state index in [1.807, 2.05) is 24.3 Å². The Hall–Kier alpha value is -1.73. The molecule has 6 nitrogen and oxygen atoms in total. The van der Waals surface area contributed by atoms with Crippen molar-refractivity contribution >= 4 is 27.5 Å². The zero-order valence-electron chi connectivity index (χ0n) is 10.2. The van der Waals surface area contributed by atoms with Gasteiger partial charge in [0.1, 0.15) is 6.54 Å². The highest BCUT2D eigenvalue weighted by molar-refractivity contribution is 9.10. The van der Waals surface area contributed by atoms with Gasteiger partial charge < -0.3 is 4.42 Å². The highest BCUT2D eigenvalue weighted by Gasteiger charge is 2.12. The van der Waals surface area contributed by atoms with Crippen LogP contribution >= 0.6 is 27.5 Å². The molecule has 0 N–H and O–H groups in total. The van der Waals surface area contributed by atoms with E-state index >= 15 is 0 Å². The van der Waals surface area contributed by atoms with Crippen LogP contribution in [0.1, 0.15) is 11.6 Å². The fourth-order valence-corrected chi connectivity index (χ4v) is 2.25. The Kier molecular flexibility index (Phi) is 3.79. The molecule has 3 rings (SSSR count). The van der Waals surface area contributed by atoms with Crippen LogP contribution in [-0.4, -0.2) is 25.2 Å². The van der Waals surface area contributed by atoms with Crippen LogP contribution in [0.4, 0.5) is 0 Å². The van der Waals surface area contributed by atoms with Crippen molar-refractivity contribution in [3.05, 3.63) is 46.5 Å². The van der Waals surface area contributed by atoms with Crippen molar-refractivity contribution in [3.8, 4) is 11.5 Å². The van der Waals surface area contributed by atoms with E-state index in [1.165, 1.54) is 0 Å². The normalized spacial score (nSPS) is 10.9. The maximum absolute atomic E-state index is 5.67. The monoisotopic (exact) mass is 353 g/mol. The van der Waals surface area contributed by atoms with Crippen LogP contribution in [0.25, 0.3) is 11.5 Å².